The predicted molar refractivity (Wildman–Crippen MR) is 168 cm³/mol. The van der Waals surface area contributed by atoms with E-state index in [9.17, 15) is 45.3 Å². The average Bonchev–Trinajstić information content (AvgIpc) is 3.01. The minimum atomic E-state index is -1.72. The molecule has 47 heavy (non-hydrogen) atoms. The molecule has 0 radical (unpaired) electrons. The normalized spacial score (nSPS) is 53.7. The van der Waals surface area contributed by atoms with Gasteiger partial charge in [-0.3, -0.25) is 9.59 Å². The zero-order valence-corrected chi connectivity index (χ0v) is 28.7. The van der Waals surface area contributed by atoms with Gasteiger partial charge in [0.15, 0.2) is 0 Å². The number of carboxylic acid groups (broad SMARTS) is 1. The number of rotatable bonds is 4. The van der Waals surface area contributed by atoms with Crippen molar-refractivity contribution >= 4 is 11.9 Å². The lowest BCUT2D eigenvalue weighted by molar-refractivity contribution is -0.298. The number of ether oxygens (including phenoxy) is 2. The molecule has 0 aromatic rings. The maximum atomic E-state index is 14.4. The van der Waals surface area contributed by atoms with Crippen LogP contribution in [0.2, 0.25) is 0 Å². The molecule has 11 heteroatoms. The van der Waals surface area contributed by atoms with E-state index in [1.54, 1.807) is 6.92 Å². The first kappa shape index (κ1) is 35.2. The fourth-order valence-corrected chi connectivity index (χ4v) is 12.0. The average molecular weight is 665 g/mol. The molecular formula is C36H56O11. The van der Waals surface area contributed by atoms with E-state index in [1.165, 1.54) is 0 Å². The van der Waals surface area contributed by atoms with Crippen molar-refractivity contribution in [3.63, 3.8) is 0 Å². The highest BCUT2D eigenvalue weighted by molar-refractivity contribution is 5.79. The topological polar surface area (TPSA) is 194 Å². The van der Waals surface area contributed by atoms with Crippen LogP contribution in [0.15, 0.2) is 11.6 Å². The number of aliphatic carboxylic acids is 1. The van der Waals surface area contributed by atoms with Crippen molar-refractivity contribution in [1.82, 2.24) is 0 Å². The number of hydrogen-bond acceptors (Lipinski definition) is 10. The zero-order chi connectivity index (χ0) is 34.7. The van der Waals surface area contributed by atoms with E-state index < -0.39 is 89.0 Å². The Bertz CT molecular complexity index is 1310. The summed E-state index contributed by atoms with van der Waals surface area (Å²) in [6.07, 6.45) is -2.06. The molecule has 6 aliphatic rings. The summed E-state index contributed by atoms with van der Waals surface area (Å²) in [4.78, 5) is 27.1. The molecule has 1 heterocycles. The third-order valence-corrected chi connectivity index (χ3v) is 15.4. The Labute approximate surface area is 277 Å². The number of fused-ring (bicyclic) bond motifs is 7. The Balaban J connectivity index is 1.39. The maximum absolute atomic E-state index is 14.4. The summed E-state index contributed by atoms with van der Waals surface area (Å²) in [6.45, 7) is 11.9. The summed E-state index contributed by atoms with van der Waals surface area (Å²) in [5, 5.41) is 74.5. The zero-order valence-electron chi connectivity index (χ0n) is 28.7. The fourth-order valence-electron chi connectivity index (χ4n) is 12.0. The van der Waals surface area contributed by atoms with E-state index in [-0.39, 0.29) is 22.7 Å². The van der Waals surface area contributed by atoms with E-state index in [2.05, 4.69) is 26.8 Å². The molecule has 0 amide bonds. The lowest BCUT2D eigenvalue weighted by Gasteiger charge is -2.71. The molecule has 0 spiro atoms. The summed E-state index contributed by atoms with van der Waals surface area (Å²) in [7, 11) is 0. The van der Waals surface area contributed by atoms with Crippen molar-refractivity contribution in [2.24, 2.45) is 50.2 Å². The molecule has 1 saturated heterocycles. The van der Waals surface area contributed by atoms with Gasteiger partial charge in [-0.2, -0.15) is 0 Å². The van der Waals surface area contributed by atoms with Gasteiger partial charge in [-0.05, 0) is 98.2 Å². The van der Waals surface area contributed by atoms with Gasteiger partial charge >= 0.3 is 11.9 Å². The van der Waals surface area contributed by atoms with Crippen LogP contribution < -0.4 is 0 Å². The van der Waals surface area contributed by atoms with Crippen molar-refractivity contribution in [3.05, 3.63) is 11.6 Å². The van der Waals surface area contributed by atoms with E-state index in [0.717, 1.165) is 18.4 Å². The van der Waals surface area contributed by atoms with Crippen LogP contribution in [0.5, 0.6) is 0 Å². The number of aliphatic hydroxyl groups is 6. The first-order chi connectivity index (χ1) is 21.8. The number of carboxylic acids is 1. The Morgan fingerprint density at radius 1 is 0.851 bits per heavy atom. The van der Waals surface area contributed by atoms with Gasteiger partial charge in [0.25, 0.3) is 0 Å². The van der Waals surface area contributed by atoms with Crippen LogP contribution in [-0.2, 0) is 19.1 Å². The summed E-state index contributed by atoms with van der Waals surface area (Å²) >= 11 is 0. The van der Waals surface area contributed by atoms with Crippen LogP contribution in [0.4, 0.5) is 0 Å². The van der Waals surface area contributed by atoms with Crippen LogP contribution in [0, 0.1) is 50.2 Å². The third-order valence-electron chi connectivity index (χ3n) is 15.4. The summed E-state index contributed by atoms with van der Waals surface area (Å²) in [6, 6.07) is 0. The van der Waals surface area contributed by atoms with Crippen LogP contribution in [0.1, 0.15) is 99.3 Å². The third kappa shape index (κ3) is 4.55. The molecule has 4 saturated carbocycles. The fraction of sp³-hybridized carbons (Fsp3) is 0.889. The Morgan fingerprint density at radius 3 is 2.15 bits per heavy atom. The minimum absolute atomic E-state index is 0.135. The molecule has 266 valence electrons. The predicted octanol–water partition coefficient (Wildman–Crippen LogP) is 2.53. The summed E-state index contributed by atoms with van der Waals surface area (Å²) < 4.78 is 11.4. The van der Waals surface area contributed by atoms with Crippen LogP contribution in [-0.4, -0.2) is 97.2 Å². The number of carbonyl (C=O) groups is 2. The molecule has 7 N–H and O–H groups in total. The molecule has 5 fully saturated rings. The van der Waals surface area contributed by atoms with Crippen LogP contribution in [0.3, 0.4) is 0 Å². The number of esters is 1. The molecule has 6 rings (SSSR count). The quantitative estimate of drug-likeness (QED) is 0.172. The largest absolute Gasteiger partial charge is 0.481 e. The van der Waals surface area contributed by atoms with Gasteiger partial charge in [0.1, 0.15) is 24.4 Å². The van der Waals surface area contributed by atoms with Gasteiger partial charge in [0.2, 0.25) is 6.29 Å². The number of allylic oxidation sites excluding steroid dienone is 1. The van der Waals surface area contributed by atoms with Gasteiger partial charge in [-0.15, -0.1) is 0 Å². The monoisotopic (exact) mass is 664 g/mol. The summed E-state index contributed by atoms with van der Waals surface area (Å²) in [5.74, 6) is -2.22. The highest BCUT2D eigenvalue weighted by Gasteiger charge is 2.72. The standard InChI is InChI=1S/C36H56O11/c1-31(2)13-15-36(30(45)47-28-26(41)25(40)24(39)19(17-37)46-28)16-14-33(4)18(23(36)27(31)42)7-8-20-32(3)11-10-22(38)35(6,29(43)44)21(32)9-12-34(20,33)5/h7,19-28,37-42H,8-17H2,1-6H3,(H,43,44)/t19-,20+,21+,22-,23+,24-,25+,26-,27-,28+,32+,33+,34+,35+,36-/m0/s1. The Kier molecular flexibility index (Phi) is 8.40. The van der Waals surface area contributed by atoms with Crippen molar-refractivity contribution < 1.29 is 54.8 Å². The van der Waals surface area contributed by atoms with E-state index in [0.29, 0.717) is 44.9 Å². The molecule has 5 aliphatic carbocycles. The molecule has 0 aromatic heterocycles. The van der Waals surface area contributed by atoms with Gasteiger partial charge in [-0.25, -0.2) is 0 Å². The van der Waals surface area contributed by atoms with Crippen molar-refractivity contribution in [3.8, 4) is 0 Å². The molecule has 11 nitrogen and oxygen atoms in total. The van der Waals surface area contributed by atoms with Gasteiger partial charge < -0.3 is 45.2 Å². The van der Waals surface area contributed by atoms with Crippen molar-refractivity contribution in [2.45, 2.75) is 142 Å². The number of aliphatic hydroxyl groups excluding tert-OH is 6. The summed E-state index contributed by atoms with van der Waals surface area (Å²) in [5.41, 5.74) is -2.83. The first-order valence-corrected chi connectivity index (χ1v) is 17.6. The molecule has 15 atom stereocenters. The van der Waals surface area contributed by atoms with Gasteiger partial charge in [0, 0.05) is 5.92 Å². The van der Waals surface area contributed by atoms with Crippen molar-refractivity contribution in [2.75, 3.05) is 6.61 Å². The number of carbonyl (C=O) groups excluding carboxylic acids is 1. The second-order valence-corrected chi connectivity index (χ2v) is 17.6. The molecular weight excluding hydrogens is 608 g/mol. The lowest BCUT2D eigenvalue weighted by atomic mass is 9.33. The SMILES string of the molecule is CC1(C)CC[C@]2(C(=O)O[C@H]3O[C@@H](CO)[C@H](O)[C@@H](O)[C@@H]3O)CC[C@]3(C)C(=CC[C@@H]4[C@@]5(C)CC[C@H](O)[C@](C)(C(=O)O)[C@@H]5CC[C@]43C)[C@@H]2[C@@H]1O. The van der Waals surface area contributed by atoms with Crippen LogP contribution >= 0.6 is 0 Å². The van der Waals surface area contributed by atoms with Gasteiger partial charge in [-0.1, -0.05) is 46.3 Å². The van der Waals surface area contributed by atoms with E-state index in [4.69, 9.17) is 9.47 Å². The smallest absolute Gasteiger partial charge is 0.315 e. The second-order valence-electron chi connectivity index (χ2n) is 17.6. The molecule has 0 unspecified atom stereocenters. The van der Waals surface area contributed by atoms with Gasteiger partial charge in [0.05, 0.1) is 29.6 Å². The van der Waals surface area contributed by atoms with Crippen LogP contribution in [0.25, 0.3) is 0 Å². The molecule has 0 aromatic carbocycles. The highest BCUT2D eigenvalue weighted by atomic mass is 16.7. The highest BCUT2D eigenvalue weighted by Crippen LogP contribution is 2.76. The lowest BCUT2D eigenvalue weighted by Crippen LogP contribution is -2.68. The minimum Gasteiger partial charge on any atom is -0.481 e. The number of hydrogen-bond donors (Lipinski definition) is 7. The van der Waals surface area contributed by atoms with Crippen molar-refractivity contribution in [1.29, 1.82) is 0 Å². The van der Waals surface area contributed by atoms with E-state index in [1.807, 2.05) is 13.8 Å². The maximum Gasteiger partial charge on any atom is 0.315 e. The Hall–Kier alpha value is -1.60. The van der Waals surface area contributed by atoms with E-state index >= 15 is 0 Å². The molecule has 0 bridgehead atoms. The second kappa shape index (κ2) is 11.2. The Morgan fingerprint density at radius 2 is 1.51 bits per heavy atom. The first-order valence-electron chi connectivity index (χ1n) is 17.6. The molecule has 1 aliphatic heterocycles.